The van der Waals surface area contributed by atoms with Crippen molar-refractivity contribution in [3.8, 4) is 22.3 Å². The molecule has 3 aromatic carbocycles. The van der Waals surface area contributed by atoms with Crippen molar-refractivity contribution in [3.63, 3.8) is 0 Å². The second-order valence-electron chi connectivity index (χ2n) is 14.4. The summed E-state index contributed by atoms with van der Waals surface area (Å²) in [4.78, 5) is 0. The van der Waals surface area contributed by atoms with Crippen LogP contribution in [0.3, 0.4) is 0 Å². The first-order chi connectivity index (χ1) is 17.2. The van der Waals surface area contributed by atoms with Gasteiger partial charge in [0.1, 0.15) is 0 Å². The highest BCUT2D eigenvalue weighted by atomic mass is 14.4. The third-order valence-electron chi connectivity index (χ3n) is 8.37. The largest absolute Gasteiger partial charge is 0.0692 e. The molecule has 1 unspecified atom stereocenters. The predicted octanol–water partition coefficient (Wildman–Crippen LogP) is 10.5. The van der Waals surface area contributed by atoms with Crippen molar-refractivity contribution in [2.24, 2.45) is 5.41 Å². The average Bonchev–Trinajstić information content (AvgIpc) is 3.37. The Hall–Kier alpha value is -2.86. The van der Waals surface area contributed by atoms with Gasteiger partial charge in [0, 0.05) is 5.92 Å². The van der Waals surface area contributed by atoms with E-state index in [4.69, 9.17) is 0 Å². The summed E-state index contributed by atoms with van der Waals surface area (Å²) in [5.41, 5.74) is 16.3. The van der Waals surface area contributed by atoms with Crippen molar-refractivity contribution in [3.05, 3.63) is 106 Å². The van der Waals surface area contributed by atoms with Crippen LogP contribution in [0.5, 0.6) is 0 Å². The molecule has 192 valence electrons. The fraction of sp³-hybridized carbons (Fsp3) is 0.405. The van der Waals surface area contributed by atoms with Gasteiger partial charge in [-0.15, -0.1) is 0 Å². The van der Waals surface area contributed by atoms with E-state index in [1.807, 2.05) is 0 Å². The van der Waals surface area contributed by atoms with E-state index in [0.29, 0.717) is 5.92 Å². The number of benzene rings is 3. The summed E-state index contributed by atoms with van der Waals surface area (Å²) in [6.45, 7) is 23.5. The second-order valence-corrected chi connectivity index (χ2v) is 14.4. The lowest BCUT2D eigenvalue weighted by molar-refractivity contribution is 0.517. The third-order valence-corrected chi connectivity index (χ3v) is 8.37. The summed E-state index contributed by atoms with van der Waals surface area (Å²) < 4.78 is 0. The molecule has 37 heavy (non-hydrogen) atoms. The van der Waals surface area contributed by atoms with E-state index >= 15 is 0 Å². The summed E-state index contributed by atoms with van der Waals surface area (Å²) in [5.74, 6) is 0.332. The van der Waals surface area contributed by atoms with Crippen LogP contribution in [-0.4, -0.2) is 0 Å². The Morgan fingerprint density at radius 3 is 1.95 bits per heavy atom. The van der Waals surface area contributed by atoms with Gasteiger partial charge in [-0.05, 0) is 91.3 Å². The summed E-state index contributed by atoms with van der Waals surface area (Å²) in [6, 6.07) is 20.8. The van der Waals surface area contributed by atoms with Crippen LogP contribution in [0.4, 0.5) is 0 Å². The van der Waals surface area contributed by atoms with E-state index in [9.17, 15) is 0 Å². The molecule has 0 radical (unpaired) electrons. The zero-order valence-electron chi connectivity index (χ0n) is 24.6. The van der Waals surface area contributed by atoms with Crippen LogP contribution in [0.2, 0.25) is 0 Å². The standard InChI is InChI=1S/C37H44/c1-23-18-27(36(5,6)7)21-29(23)34-31-20-25-19-26(35(2,3)4)16-17-28(25)33(31)30(22-32(34)37(8,9)10)24-14-12-11-13-15-24/h11-19,21-22,29H,20H2,1-10H3. The summed E-state index contributed by atoms with van der Waals surface area (Å²) in [6.07, 6.45) is 6.02. The average molecular weight is 489 g/mol. The number of fused-ring (bicyclic) bond motifs is 3. The molecule has 0 saturated heterocycles. The van der Waals surface area contributed by atoms with Crippen molar-refractivity contribution in [2.45, 2.75) is 92.4 Å². The van der Waals surface area contributed by atoms with E-state index in [2.05, 4.69) is 136 Å². The Morgan fingerprint density at radius 1 is 0.703 bits per heavy atom. The van der Waals surface area contributed by atoms with Gasteiger partial charge >= 0.3 is 0 Å². The smallest absolute Gasteiger partial charge is 0.0240 e. The minimum Gasteiger partial charge on any atom is -0.0692 e. The van der Waals surface area contributed by atoms with E-state index in [0.717, 1.165) is 6.42 Å². The highest BCUT2D eigenvalue weighted by molar-refractivity contribution is 5.92. The molecule has 2 aliphatic rings. The fourth-order valence-corrected chi connectivity index (χ4v) is 6.18. The maximum Gasteiger partial charge on any atom is 0.0240 e. The molecule has 3 aromatic rings. The lowest BCUT2D eigenvalue weighted by atomic mass is 9.73. The van der Waals surface area contributed by atoms with Crippen molar-refractivity contribution in [1.29, 1.82) is 0 Å². The molecule has 0 aromatic heterocycles. The monoisotopic (exact) mass is 488 g/mol. The number of hydrogen-bond donors (Lipinski definition) is 0. The SMILES string of the molecule is CC1=CC(C(C)(C)C)=CC1c1c(C(C)(C)C)cc(-c2ccccc2)c2c1Cc1cc(C(C)(C)C)ccc1-2. The first-order valence-corrected chi connectivity index (χ1v) is 14.0. The van der Waals surface area contributed by atoms with Crippen molar-refractivity contribution in [2.75, 3.05) is 0 Å². The number of hydrogen-bond acceptors (Lipinski definition) is 0. The number of allylic oxidation sites excluding steroid dienone is 4. The molecule has 0 bridgehead atoms. The van der Waals surface area contributed by atoms with E-state index in [1.54, 1.807) is 5.56 Å². The molecule has 5 rings (SSSR count). The zero-order valence-corrected chi connectivity index (χ0v) is 24.6. The van der Waals surface area contributed by atoms with Gasteiger partial charge in [0.05, 0.1) is 0 Å². The molecule has 0 heteroatoms. The van der Waals surface area contributed by atoms with Crippen LogP contribution in [-0.2, 0) is 17.3 Å². The Balaban J connectivity index is 1.84. The van der Waals surface area contributed by atoms with Crippen LogP contribution in [0.25, 0.3) is 22.3 Å². The lowest BCUT2D eigenvalue weighted by Gasteiger charge is -2.30. The Morgan fingerprint density at radius 2 is 1.38 bits per heavy atom. The van der Waals surface area contributed by atoms with Gasteiger partial charge in [-0.2, -0.15) is 0 Å². The van der Waals surface area contributed by atoms with Crippen LogP contribution < -0.4 is 0 Å². The molecule has 1 atom stereocenters. The topological polar surface area (TPSA) is 0 Å². The first-order valence-electron chi connectivity index (χ1n) is 14.0. The van der Waals surface area contributed by atoms with Gasteiger partial charge in [0.15, 0.2) is 0 Å². The molecule has 0 saturated carbocycles. The second kappa shape index (κ2) is 8.59. The van der Waals surface area contributed by atoms with Crippen LogP contribution in [0.15, 0.2) is 77.9 Å². The molecule has 0 aliphatic heterocycles. The molecule has 0 N–H and O–H groups in total. The maximum absolute atomic E-state index is 2.56. The minimum absolute atomic E-state index is 0.0395. The van der Waals surface area contributed by atoms with Gasteiger partial charge in [-0.3, -0.25) is 0 Å². The third kappa shape index (κ3) is 4.54. The molecular weight excluding hydrogens is 444 g/mol. The molecule has 0 heterocycles. The summed E-state index contributed by atoms with van der Waals surface area (Å²) >= 11 is 0. The Bertz CT molecular complexity index is 1420. The van der Waals surface area contributed by atoms with Crippen molar-refractivity contribution in [1.82, 2.24) is 0 Å². The predicted molar refractivity (Wildman–Crippen MR) is 162 cm³/mol. The lowest BCUT2D eigenvalue weighted by Crippen LogP contribution is -2.18. The highest BCUT2D eigenvalue weighted by Crippen LogP contribution is 2.52. The summed E-state index contributed by atoms with van der Waals surface area (Å²) in [7, 11) is 0. The Labute approximate surface area is 225 Å². The van der Waals surface area contributed by atoms with Gasteiger partial charge in [-0.1, -0.05) is 129 Å². The van der Waals surface area contributed by atoms with E-state index in [-0.39, 0.29) is 16.2 Å². The first kappa shape index (κ1) is 25.8. The van der Waals surface area contributed by atoms with Gasteiger partial charge < -0.3 is 0 Å². The zero-order chi connectivity index (χ0) is 26.9. The highest BCUT2D eigenvalue weighted by Gasteiger charge is 2.36. The van der Waals surface area contributed by atoms with E-state index in [1.165, 1.54) is 55.7 Å². The quantitative estimate of drug-likeness (QED) is 0.263. The molecule has 0 spiro atoms. The van der Waals surface area contributed by atoms with Gasteiger partial charge in [0.2, 0.25) is 0 Å². The van der Waals surface area contributed by atoms with Crippen molar-refractivity contribution < 1.29 is 0 Å². The van der Waals surface area contributed by atoms with Crippen LogP contribution in [0.1, 0.15) is 103 Å². The van der Waals surface area contributed by atoms with E-state index < -0.39 is 0 Å². The van der Waals surface area contributed by atoms with Crippen LogP contribution in [0, 0.1) is 5.41 Å². The maximum atomic E-state index is 2.56. The summed E-state index contributed by atoms with van der Waals surface area (Å²) in [5, 5.41) is 0. The normalized spacial score (nSPS) is 17.4. The molecule has 0 fully saturated rings. The fourth-order valence-electron chi connectivity index (χ4n) is 6.18. The molecular formula is C37H44. The van der Waals surface area contributed by atoms with Gasteiger partial charge in [-0.25, -0.2) is 0 Å². The van der Waals surface area contributed by atoms with Gasteiger partial charge in [0.25, 0.3) is 0 Å². The number of rotatable bonds is 2. The van der Waals surface area contributed by atoms with Crippen molar-refractivity contribution >= 4 is 0 Å². The molecule has 0 amide bonds. The minimum atomic E-state index is 0.0395. The van der Waals surface area contributed by atoms with Crippen LogP contribution >= 0.6 is 0 Å². The Kier molecular flexibility index (Phi) is 5.98. The molecule has 0 nitrogen and oxygen atoms in total. The molecule has 2 aliphatic carbocycles.